The predicted molar refractivity (Wildman–Crippen MR) is 454 cm³/mol. The van der Waals surface area contributed by atoms with Crippen LogP contribution in [-0.2, 0) is 55.8 Å². The number of esters is 3. The molecular formula is C91H152O16P2. The minimum Gasteiger partial charge on any atom is -0.463 e. The first-order valence-corrected chi connectivity index (χ1v) is 45.4. The van der Waals surface area contributed by atoms with E-state index in [1.807, 2.05) is 0 Å². The Labute approximate surface area is 662 Å². The number of aliphatic hydroxyl groups is 2. The number of unbranched alkanes of at least 4 members (excludes halogenated alkanes) is 28. The number of aliphatic hydroxyl groups excluding tert-OH is 2. The van der Waals surface area contributed by atoms with E-state index in [1.165, 1.54) is 83.5 Å². The van der Waals surface area contributed by atoms with Crippen LogP contribution >= 0.6 is 15.6 Å². The Morgan fingerprint density at radius 2 is 0.459 bits per heavy atom. The minimum atomic E-state index is -4.94. The first kappa shape index (κ1) is 104. The van der Waals surface area contributed by atoms with Gasteiger partial charge in [-0.1, -0.05) is 332 Å². The number of allylic oxidation sites excluding steroid dienone is 28. The lowest BCUT2D eigenvalue weighted by atomic mass is 10.0. The molecule has 0 aromatic rings. The third kappa shape index (κ3) is 83.7. The third-order valence-electron chi connectivity index (χ3n) is 17.4. The molecule has 5 atom stereocenters. The Balaban J connectivity index is 4.54. The molecule has 109 heavy (non-hydrogen) atoms. The van der Waals surface area contributed by atoms with Gasteiger partial charge in [0.1, 0.15) is 25.4 Å². The van der Waals surface area contributed by atoms with Gasteiger partial charge in [0.05, 0.1) is 26.4 Å². The van der Waals surface area contributed by atoms with Crippen LogP contribution in [0.1, 0.15) is 329 Å². The maximum absolute atomic E-state index is 13.0. The number of hydrogen-bond donors (Lipinski definition) is 4. The Morgan fingerprint density at radius 3 is 0.725 bits per heavy atom. The van der Waals surface area contributed by atoms with Crippen molar-refractivity contribution in [1.29, 1.82) is 0 Å². The van der Waals surface area contributed by atoms with Crippen molar-refractivity contribution in [3.05, 3.63) is 170 Å². The molecule has 0 amide bonds. The second kappa shape index (κ2) is 82.4. The van der Waals surface area contributed by atoms with Gasteiger partial charge in [-0.25, -0.2) is 9.13 Å². The van der Waals surface area contributed by atoms with Gasteiger partial charge in [-0.3, -0.25) is 32.5 Å². The second-order valence-corrected chi connectivity index (χ2v) is 30.7. The highest BCUT2D eigenvalue weighted by atomic mass is 31.2. The predicted octanol–water partition coefficient (Wildman–Crippen LogP) is 25.5. The van der Waals surface area contributed by atoms with Crippen molar-refractivity contribution in [1.82, 2.24) is 0 Å². The molecule has 0 radical (unpaired) electrons. The van der Waals surface area contributed by atoms with Gasteiger partial charge < -0.3 is 34.2 Å². The average Bonchev–Trinajstić information content (AvgIpc) is 0.903. The minimum absolute atomic E-state index is 0.0811. The number of hydrogen-bond acceptors (Lipinski definition) is 14. The monoisotopic (exact) mass is 1560 g/mol. The van der Waals surface area contributed by atoms with Gasteiger partial charge >= 0.3 is 33.6 Å². The molecule has 0 aliphatic carbocycles. The van der Waals surface area contributed by atoms with Crippen LogP contribution in [0.15, 0.2) is 170 Å². The molecule has 16 nitrogen and oxygen atoms in total. The molecule has 4 N–H and O–H groups in total. The van der Waals surface area contributed by atoms with Crippen molar-refractivity contribution < 1.29 is 75.8 Å². The van der Waals surface area contributed by atoms with Gasteiger partial charge in [0.2, 0.25) is 0 Å². The van der Waals surface area contributed by atoms with Gasteiger partial charge in [0.15, 0.2) is 6.10 Å². The molecular weight excluding hydrogens is 1410 g/mol. The van der Waals surface area contributed by atoms with Crippen LogP contribution in [0, 0.1) is 0 Å². The van der Waals surface area contributed by atoms with Crippen LogP contribution in [-0.4, -0.2) is 95.9 Å². The van der Waals surface area contributed by atoms with E-state index >= 15 is 0 Å². The summed E-state index contributed by atoms with van der Waals surface area (Å²) in [4.78, 5) is 58.8. The lowest BCUT2D eigenvalue weighted by Crippen LogP contribution is -2.30. The smallest absolute Gasteiger partial charge is 0.463 e. The highest BCUT2D eigenvalue weighted by Crippen LogP contribution is 2.45. The summed E-state index contributed by atoms with van der Waals surface area (Å²) in [5.41, 5.74) is 0. The normalized spacial score (nSPS) is 14.7. The number of ether oxygens (including phenoxy) is 3. The molecule has 18 heteroatoms. The summed E-state index contributed by atoms with van der Waals surface area (Å²) >= 11 is 0. The van der Waals surface area contributed by atoms with Crippen molar-refractivity contribution in [3.63, 3.8) is 0 Å². The van der Waals surface area contributed by atoms with Gasteiger partial charge in [-0.05, 0) is 148 Å². The molecule has 0 rings (SSSR count). The first-order chi connectivity index (χ1) is 53.2. The summed E-state index contributed by atoms with van der Waals surface area (Å²) in [6, 6.07) is 0. The largest absolute Gasteiger partial charge is 0.472 e. The summed E-state index contributed by atoms with van der Waals surface area (Å²) in [6.45, 7) is 2.33. The van der Waals surface area contributed by atoms with Crippen LogP contribution in [0.25, 0.3) is 0 Å². The number of rotatable bonds is 79. The van der Waals surface area contributed by atoms with E-state index in [0.29, 0.717) is 19.3 Å². The molecule has 0 heterocycles. The van der Waals surface area contributed by atoms with E-state index in [9.17, 15) is 43.5 Å². The van der Waals surface area contributed by atoms with Gasteiger partial charge in [-0.15, -0.1) is 0 Å². The summed E-state index contributed by atoms with van der Waals surface area (Å²) in [7, 11) is -9.81. The first-order valence-electron chi connectivity index (χ1n) is 42.4. The zero-order valence-corrected chi connectivity index (χ0v) is 70.0. The van der Waals surface area contributed by atoms with E-state index in [1.54, 1.807) is 0 Å². The Morgan fingerprint density at radius 1 is 0.257 bits per heavy atom. The molecule has 0 aliphatic heterocycles. The molecule has 5 unspecified atom stereocenters. The topological polar surface area (TPSA) is 231 Å². The number of phosphoric ester groups is 2. The highest BCUT2D eigenvalue weighted by Gasteiger charge is 2.29. The van der Waals surface area contributed by atoms with E-state index in [2.05, 4.69) is 191 Å². The van der Waals surface area contributed by atoms with E-state index < -0.39 is 91.5 Å². The maximum atomic E-state index is 13.0. The lowest BCUT2D eigenvalue weighted by Gasteiger charge is -2.21. The molecule has 0 aromatic heterocycles. The maximum Gasteiger partial charge on any atom is 0.472 e. The Bertz CT molecular complexity index is 2660. The molecule has 0 aliphatic rings. The Kier molecular flexibility index (Phi) is 78.5. The zero-order valence-electron chi connectivity index (χ0n) is 68.2. The van der Waals surface area contributed by atoms with Crippen molar-refractivity contribution in [2.24, 2.45) is 0 Å². The van der Waals surface area contributed by atoms with Crippen LogP contribution in [0.3, 0.4) is 0 Å². The molecule has 0 saturated carbocycles. The van der Waals surface area contributed by atoms with Crippen molar-refractivity contribution in [2.45, 2.75) is 347 Å². The molecule has 0 aromatic carbocycles. The summed E-state index contributed by atoms with van der Waals surface area (Å²) in [5.74, 6) is -1.60. The number of carbonyl (C=O) groups is 3. The quantitative estimate of drug-likeness (QED) is 0.0146. The molecule has 0 fully saturated rings. The molecule has 0 bridgehead atoms. The van der Waals surface area contributed by atoms with Crippen LogP contribution in [0.2, 0.25) is 0 Å². The molecule has 622 valence electrons. The van der Waals surface area contributed by atoms with Crippen molar-refractivity contribution in [3.8, 4) is 0 Å². The van der Waals surface area contributed by atoms with Crippen LogP contribution in [0.4, 0.5) is 0 Å². The average molecular weight is 1560 g/mol. The van der Waals surface area contributed by atoms with Gasteiger partial charge in [0, 0.05) is 19.3 Å². The van der Waals surface area contributed by atoms with E-state index in [-0.39, 0.29) is 19.3 Å². The van der Waals surface area contributed by atoms with Gasteiger partial charge in [-0.2, -0.15) is 0 Å². The lowest BCUT2D eigenvalue weighted by molar-refractivity contribution is -0.161. The third-order valence-corrected chi connectivity index (χ3v) is 19.3. The Hall–Kier alpha value is -5.09. The van der Waals surface area contributed by atoms with E-state index in [4.69, 9.17) is 32.3 Å². The fraction of sp³-hybridized carbons (Fsp3) is 0.659. The van der Waals surface area contributed by atoms with Crippen molar-refractivity contribution in [2.75, 3.05) is 39.6 Å². The summed E-state index contributed by atoms with van der Waals surface area (Å²) < 4.78 is 61.3. The van der Waals surface area contributed by atoms with Crippen LogP contribution < -0.4 is 0 Å². The molecule has 0 spiro atoms. The van der Waals surface area contributed by atoms with Crippen LogP contribution in [0.5, 0.6) is 0 Å². The standard InChI is InChI=1S/C91H152O16P2/c1-4-7-10-13-16-19-22-25-28-30-32-34-36-38-40-42-44-46-48-50-52-54-57-59-62-65-68-71-74-77-89(94)101-80-86(92)81-103-108(97,98)104-82-87(93)83-105-109(99,100)106-85-88(107-91(96)79-76-73-70-67-64-61-56-27-24-21-18-15-12-9-6-3)84-102-90(95)78-75-72-69-66-63-60-58-55-53-51-49-47-45-43-41-39-37-35-33-31-29-26-23-20-17-14-11-8-5-2/h7-12,16-21,25-29,32-35,38-41,44,46,56,86-88,92-93H,4-6,13-15,22-24,30-31,36-37,42-43,45,47-55,57-85H2,1-3H3,(H,97,98)(H,99,100)/b10-7-,11-8-,12-9-,19-16-,20-17-,21-18-,28-25-,29-26-,34-32-,35-33-,40-38-,41-39-,46-44-,56-27-. The fourth-order valence-corrected chi connectivity index (χ4v) is 12.7. The fourth-order valence-electron chi connectivity index (χ4n) is 11.1. The van der Waals surface area contributed by atoms with Crippen molar-refractivity contribution >= 4 is 33.6 Å². The summed E-state index contributed by atoms with van der Waals surface area (Å²) in [6.07, 6.45) is 105. The number of phosphoric acid groups is 2. The van der Waals surface area contributed by atoms with Gasteiger partial charge in [0.25, 0.3) is 0 Å². The van der Waals surface area contributed by atoms with E-state index in [0.717, 1.165) is 186 Å². The molecule has 0 saturated heterocycles. The highest BCUT2D eigenvalue weighted by molar-refractivity contribution is 7.47. The zero-order chi connectivity index (χ0) is 79.4. The second-order valence-electron chi connectivity index (χ2n) is 27.8. The number of carbonyl (C=O) groups excluding carboxylic acids is 3. The SMILES string of the molecule is CC/C=C\C/C=C\C/C=C\C/C=C\C/C=C\C/C=C\CCCCCCCCCCCCC(=O)OCC(O)COP(=O)(O)OCC(O)COP(=O)(O)OCC(COC(=O)CCCCCCCCCCCCCCC/C=C\C/C=C\C/C=C\C/C=C\C/C=C\CC)OC(=O)CCCCCCC/C=C\C/C=C\C/C=C\CC. The summed E-state index contributed by atoms with van der Waals surface area (Å²) in [5, 5.41) is 20.7.